The Hall–Kier alpha value is -1.87. The van der Waals surface area contributed by atoms with Crippen LogP contribution in [0.4, 0.5) is 0 Å². The Morgan fingerprint density at radius 2 is 1.55 bits per heavy atom. The number of carbonyl (C=O) groups is 2. The van der Waals surface area contributed by atoms with Gasteiger partial charge in [-0.05, 0) is 44.6 Å². The predicted molar refractivity (Wildman–Crippen MR) is 126 cm³/mol. The maximum atomic E-state index is 13.3. The second-order valence-corrected chi connectivity index (χ2v) is 11.8. The molecule has 3 aliphatic rings. The van der Waals surface area contributed by atoms with E-state index in [0.29, 0.717) is 38.2 Å². The lowest BCUT2D eigenvalue weighted by Gasteiger charge is -2.32. The van der Waals surface area contributed by atoms with Gasteiger partial charge in [-0.2, -0.15) is 4.31 Å². The second-order valence-electron chi connectivity index (χ2n) is 9.85. The van der Waals surface area contributed by atoms with E-state index < -0.39 is 10.0 Å². The van der Waals surface area contributed by atoms with Crippen molar-refractivity contribution < 1.29 is 18.0 Å². The summed E-state index contributed by atoms with van der Waals surface area (Å²) >= 11 is 0. The van der Waals surface area contributed by atoms with Crippen LogP contribution in [0.3, 0.4) is 0 Å². The molecular weight excluding hydrogens is 440 g/mol. The highest BCUT2D eigenvalue weighted by atomic mass is 32.2. The van der Waals surface area contributed by atoms with Gasteiger partial charge in [0.15, 0.2) is 0 Å². The van der Waals surface area contributed by atoms with Crippen LogP contribution >= 0.6 is 0 Å². The van der Waals surface area contributed by atoms with Crippen LogP contribution in [0.25, 0.3) is 0 Å². The summed E-state index contributed by atoms with van der Waals surface area (Å²) in [4.78, 5) is 30.6. The number of hydrogen-bond acceptors (Lipinski definition) is 4. The molecule has 0 spiro atoms. The number of aromatic amines is 1. The van der Waals surface area contributed by atoms with Gasteiger partial charge in [-0.25, -0.2) is 8.42 Å². The Morgan fingerprint density at radius 3 is 2.24 bits per heavy atom. The quantitative estimate of drug-likeness (QED) is 0.634. The molecule has 4 rings (SSSR count). The zero-order chi connectivity index (χ0) is 23.3. The highest BCUT2D eigenvalue weighted by Crippen LogP contribution is 2.26. The molecule has 1 aromatic heterocycles. The number of nitrogens with zero attached hydrogens (tertiary/aromatic N) is 2. The normalized spacial score (nSPS) is 24.1. The Labute approximate surface area is 197 Å². The number of rotatable bonds is 5. The minimum atomic E-state index is -3.77. The van der Waals surface area contributed by atoms with Crippen molar-refractivity contribution in [2.45, 2.75) is 88.0 Å². The van der Waals surface area contributed by atoms with E-state index in [1.54, 1.807) is 0 Å². The van der Waals surface area contributed by atoms with Gasteiger partial charge in [0.1, 0.15) is 10.6 Å². The molecule has 1 aromatic rings. The molecule has 1 aliphatic carbocycles. The zero-order valence-corrected chi connectivity index (χ0v) is 20.4. The maximum Gasteiger partial charge on any atom is 0.270 e. The van der Waals surface area contributed by atoms with E-state index in [1.165, 1.54) is 29.4 Å². The highest BCUT2D eigenvalue weighted by Gasteiger charge is 2.35. The van der Waals surface area contributed by atoms with Crippen molar-refractivity contribution in [2.24, 2.45) is 5.92 Å². The summed E-state index contributed by atoms with van der Waals surface area (Å²) in [5.41, 5.74) is 0.315. The van der Waals surface area contributed by atoms with Crippen LogP contribution < -0.4 is 5.32 Å². The Balaban J connectivity index is 1.39. The number of piperidine rings is 1. The van der Waals surface area contributed by atoms with Gasteiger partial charge in [-0.15, -0.1) is 0 Å². The molecule has 0 unspecified atom stereocenters. The zero-order valence-electron chi connectivity index (χ0n) is 19.6. The van der Waals surface area contributed by atoms with Gasteiger partial charge >= 0.3 is 0 Å². The van der Waals surface area contributed by atoms with E-state index in [1.807, 2.05) is 4.90 Å². The number of likely N-dealkylation sites (tertiary alicyclic amines) is 1. The first-order chi connectivity index (χ1) is 15.9. The molecule has 9 heteroatoms. The third-order valence-electron chi connectivity index (χ3n) is 7.37. The van der Waals surface area contributed by atoms with Gasteiger partial charge in [-0.1, -0.05) is 38.5 Å². The minimum absolute atomic E-state index is 0.0205. The number of nitrogens with one attached hydrogen (secondary N) is 2. The van der Waals surface area contributed by atoms with Crippen molar-refractivity contribution in [2.75, 3.05) is 26.2 Å². The number of aromatic nitrogens is 1. The van der Waals surface area contributed by atoms with Crippen molar-refractivity contribution in [3.8, 4) is 0 Å². The lowest BCUT2D eigenvalue weighted by atomic mass is 9.97. The minimum Gasteiger partial charge on any atom is -0.356 e. The van der Waals surface area contributed by atoms with Crippen LogP contribution in [0.2, 0.25) is 0 Å². The molecule has 3 fully saturated rings. The maximum absolute atomic E-state index is 13.3. The molecule has 3 heterocycles. The van der Waals surface area contributed by atoms with Crippen molar-refractivity contribution in [1.29, 1.82) is 0 Å². The van der Waals surface area contributed by atoms with E-state index in [4.69, 9.17) is 0 Å². The average molecular weight is 479 g/mol. The van der Waals surface area contributed by atoms with Crippen LogP contribution in [-0.4, -0.2) is 66.6 Å². The lowest BCUT2D eigenvalue weighted by molar-refractivity contribution is -0.126. The molecule has 2 amide bonds. The molecule has 0 aromatic carbocycles. The fourth-order valence-electron chi connectivity index (χ4n) is 5.36. The van der Waals surface area contributed by atoms with Gasteiger partial charge in [0.05, 0.1) is 5.92 Å². The number of carbonyl (C=O) groups excluding carboxylic acids is 2. The van der Waals surface area contributed by atoms with Gasteiger partial charge in [0, 0.05) is 38.4 Å². The van der Waals surface area contributed by atoms with Gasteiger partial charge in [0.2, 0.25) is 15.9 Å². The first-order valence-corrected chi connectivity index (χ1v) is 14.2. The molecule has 2 aliphatic heterocycles. The summed E-state index contributed by atoms with van der Waals surface area (Å²) in [6, 6.07) is 1.67. The van der Waals surface area contributed by atoms with Crippen LogP contribution in [0.1, 0.15) is 87.5 Å². The first-order valence-electron chi connectivity index (χ1n) is 12.7. The summed E-state index contributed by atoms with van der Waals surface area (Å²) in [6.45, 7) is 2.02. The molecule has 33 heavy (non-hydrogen) atoms. The summed E-state index contributed by atoms with van der Waals surface area (Å²) < 4.78 is 28.0. The smallest absolute Gasteiger partial charge is 0.270 e. The molecule has 2 N–H and O–H groups in total. The molecular formula is C24H38N4O4S. The van der Waals surface area contributed by atoms with Gasteiger partial charge in [0.25, 0.3) is 5.91 Å². The fourth-order valence-corrected chi connectivity index (χ4v) is 6.88. The van der Waals surface area contributed by atoms with E-state index in [0.717, 1.165) is 51.4 Å². The van der Waals surface area contributed by atoms with E-state index in [-0.39, 0.29) is 35.2 Å². The van der Waals surface area contributed by atoms with Crippen LogP contribution in [-0.2, 0) is 14.8 Å². The van der Waals surface area contributed by atoms with Gasteiger partial charge in [-0.3, -0.25) is 9.59 Å². The van der Waals surface area contributed by atoms with Crippen LogP contribution in [0.15, 0.2) is 17.2 Å². The lowest BCUT2D eigenvalue weighted by Crippen LogP contribution is -2.47. The Bertz CT molecular complexity index is 913. The molecule has 8 nitrogen and oxygen atoms in total. The molecule has 1 atom stereocenters. The number of amides is 2. The molecule has 0 bridgehead atoms. The summed E-state index contributed by atoms with van der Waals surface area (Å²) in [5, 5.41) is 3.18. The van der Waals surface area contributed by atoms with Crippen molar-refractivity contribution in [1.82, 2.24) is 19.5 Å². The molecule has 1 saturated carbocycles. The Morgan fingerprint density at radius 1 is 0.879 bits per heavy atom. The van der Waals surface area contributed by atoms with E-state index >= 15 is 0 Å². The topological polar surface area (TPSA) is 103 Å². The van der Waals surface area contributed by atoms with E-state index in [2.05, 4.69) is 10.3 Å². The van der Waals surface area contributed by atoms with E-state index in [9.17, 15) is 18.0 Å². The van der Waals surface area contributed by atoms with Gasteiger partial charge < -0.3 is 15.2 Å². The van der Waals surface area contributed by atoms with Crippen LogP contribution in [0.5, 0.6) is 0 Å². The standard InChI is InChI=1S/C24H38N4O4S/c29-23(26-20-11-5-1-2-6-12-20)19-10-9-15-28(18-19)33(31,32)21-16-22(25-17-21)24(30)27-13-7-3-4-8-14-27/h16-17,19-20,25H,1-15,18H2,(H,26,29)/t19-/m0/s1. The van der Waals surface area contributed by atoms with Crippen molar-refractivity contribution in [3.63, 3.8) is 0 Å². The number of H-pyrrole nitrogens is 1. The van der Waals surface area contributed by atoms with Crippen molar-refractivity contribution >= 4 is 21.8 Å². The molecule has 2 saturated heterocycles. The summed E-state index contributed by atoms with van der Waals surface area (Å²) in [7, 11) is -3.77. The second kappa shape index (κ2) is 11.0. The number of hydrogen-bond donors (Lipinski definition) is 2. The number of sulfonamides is 1. The predicted octanol–water partition coefficient (Wildman–Crippen LogP) is 3.27. The first kappa shape index (κ1) is 24.3. The largest absolute Gasteiger partial charge is 0.356 e. The summed E-state index contributed by atoms with van der Waals surface area (Å²) in [6.07, 6.45) is 13.7. The van der Waals surface area contributed by atoms with Crippen molar-refractivity contribution in [3.05, 3.63) is 18.0 Å². The third kappa shape index (κ3) is 5.98. The SMILES string of the molecule is O=C(NC1CCCCCC1)[C@H]1CCCN(S(=O)(=O)c2c[nH]c(C(=O)N3CCCCCC3)c2)C1. The average Bonchev–Trinajstić information content (AvgIpc) is 2.99. The van der Waals surface area contributed by atoms with Crippen LogP contribution in [0, 0.1) is 5.92 Å². The third-order valence-corrected chi connectivity index (χ3v) is 9.22. The Kier molecular flexibility index (Phi) is 8.11. The monoisotopic (exact) mass is 478 g/mol. The highest BCUT2D eigenvalue weighted by molar-refractivity contribution is 7.89. The molecule has 0 radical (unpaired) electrons. The fraction of sp³-hybridized carbons (Fsp3) is 0.750. The molecule has 184 valence electrons. The summed E-state index contributed by atoms with van der Waals surface area (Å²) in [5.74, 6) is -0.487.